The second-order valence-corrected chi connectivity index (χ2v) is 11.0. The van der Waals surface area contributed by atoms with Crippen LogP contribution in [-0.2, 0) is 24.9 Å². The third kappa shape index (κ3) is 6.26. The predicted octanol–water partition coefficient (Wildman–Crippen LogP) is 7.43. The van der Waals surface area contributed by atoms with Crippen molar-refractivity contribution in [3.8, 4) is 5.75 Å². The number of rotatable bonds is 12. The van der Waals surface area contributed by atoms with Gasteiger partial charge in [-0.1, -0.05) is 133 Å². The van der Waals surface area contributed by atoms with Gasteiger partial charge in [-0.05, 0) is 40.3 Å². The van der Waals surface area contributed by atoms with Crippen molar-refractivity contribution in [1.29, 1.82) is 0 Å². The van der Waals surface area contributed by atoms with Gasteiger partial charge in [-0.15, -0.1) is 0 Å². The number of nitrogens with one attached hydrogen (secondary N) is 3. The Balaban J connectivity index is 1.41. The molecule has 216 valence electrons. The molecule has 4 heteroatoms. The summed E-state index contributed by atoms with van der Waals surface area (Å²) in [5, 5.41) is 8.02. The molecule has 1 aromatic heterocycles. The average Bonchev–Trinajstić information content (AvgIpc) is 3.28. The van der Waals surface area contributed by atoms with Crippen molar-refractivity contribution >= 4 is 6.08 Å². The normalized spacial score (nSPS) is 13.3. The highest BCUT2D eigenvalue weighted by Gasteiger charge is 2.38. The van der Waals surface area contributed by atoms with Gasteiger partial charge >= 0.3 is 0 Å². The molecule has 0 radical (unpaired) electrons. The maximum atomic E-state index is 5.64. The zero-order valence-corrected chi connectivity index (χ0v) is 24.7. The molecule has 4 nitrogen and oxygen atoms in total. The van der Waals surface area contributed by atoms with E-state index < -0.39 is 5.54 Å². The van der Waals surface area contributed by atoms with E-state index >= 15 is 0 Å². The largest absolute Gasteiger partial charge is 0.496 e. The smallest absolute Gasteiger partial charge is 0.123 e. The minimum absolute atomic E-state index is 0.0832. The van der Waals surface area contributed by atoms with E-state index in [1.165, 1.54) is 33.5 Å². The van der Waals surface area contributed by atoms with Gasteiger partial charge in [-0.2, -0.15) is 0 Å². The first-order chi connectivity index (χ1) is 21.3. The number of aromatic nitrogens is 1. The summed E-state index contributed by atoms with van der Waals surface area (Å²) < 4.78 is 5.64. The first-order valence-electron chi connectivity index (χ1n) is 15.1. The SMILES string of the molecule is COc1ccccc1CNC[C@@H](Cc1c[nH]c2c1C=CC=CC2)NC(c1ccccc1)(c1ccccc1)c1ccccc1. The summed E-state index contributed by atoms with van der Waals surface area (Å²) in [5.74, 6) is 0.903. The molecule has 0 bridgehead atoms. The quantitative estimate of drug-likeness (QED) is 0.138. The number of allylic oxidation sites excluding steroid dienone is 3. The summed E-state index contributed by atoms with van der Waals surface area (Å²) >= 11 is 0. The van der Waals surface area contributed by atoms with Gasteiger partial charge in [0.2, 0.25) is 0 Å². The molecule has 43 heavy (non-hydrogen) atoms. The fourth-order valence-electron chi connectivity index (χ4n) is 6.28. The van der Waals surface area contributed by atoms with Crippen molar-refractivity contribution in [2.45, 2.75) is 31.0 Å². The highest BCUT2D eigenvalue weighted by molar-refractivity contribution is 5.60. The van der Waals surface area contributed by atoms with Crippen LogP contribution in [0.5, 0.6) is 5.75 Å². The summed E-state index contributed by atoms with van der Waals surface area (Å²) in [6.07, 6.45) is 12.7. The Morgan fingerprint density at radius 3 is 1.98 bits per heavy atom. The number of methoxy groups -OCH3 is 1. The van der Waals surface area contributed by atoms with Crippen LogP contribution in [0.1, 0.15) is 39.1 Å². The minimum atomic E-state index is -0.564. The molecule has 0 amide bonds. The lowest BCUT2D eigenvalue weighted by molar-refractivity contribution is 0.369. The van der Waals surface area contributed by atoms with Crippen molar-refractivity contribution in [2.24, 2.45) is 0 Å². The van der Waals surface area contributed by atoms with Crippen molar-refractivity contribution in [1.82, 2.24) is 15.6 Å². The highest BCUT2D eigenvalue weighted by atomic mass is 16.5. The van der Waals surface area contributed by atoms with Gasteiger partial charge in [0.1, 0.15) is 5.75 Å². The third-order valence-electron chi connectivity index (χ3n) is 8.33. The number of fused-ring (bicyclic) bond motifs is 1. The molecular weight excluding hydrogens is 526 g/mol. The second-order valence-electron chi connectivity index (χ2n) is 11.0. The molecule has 6 rings (SSSR count). The zero-order chi connectivity index (χ0) is 29.3. The molecule has 1 aliphatic carbocycles. The fourth-order valence-corrected chi connectivity index (χ4v) is 6.28. The molecule has 5 aromatic rings. The maximum absolute atomic E-state index is 5.64. The lowest BCUT2D eigenvalue weighted by atomic mass is 9.76. The van der Waals surface area contributed by atoms with Crippen LogP contribution in [0, 0.1) is 0 Å². The monoisotopic (exact) mass is 565 g/mol. The summed E-state index contributed by atoms with van der Waals surface area (Å²) in [6.45, 7) is 1.47. The lowest BCUT2D eigenvalue weighted by Gasteiger charge is -2.40. The Kier molecular flexibility index (Phi) is 8.98. The Morgan fingerprint density at radius 1 is 0.744 bits per heavy atom. The van der Waals surface area contributed by atoms with Gasteiger partial charge in [-0.25, -0.2) is 0 Å². The van der Waals surface area contributed by atoms with Crippen LogP contribution >= 0.6 is 0 Å². The number of para-hydroxylation sites is 1. The lowest BCUT2D eigenvalue weighted by Crippen LogP contribution is -2.53. The third-order valence-corrected chi connectivity index (χ3v) is 8.33. The molecule has 1 atom stereocenters. The van der Waals surface area contributed by atoms with Crippen LogP contribution in [0.4, 0.5) is 0 Å². The summed E-state index contributed by atoms with van der Waals surface area (Å²) in [7, 11) is 1.73. The van der Waals surface area contributed by atoms with Crippen LogP contribution in [0.2, 0.25) is 0 Å². The molecule has 1 aliphatic rings. The number of hydrogen-bond donors (Lipinski definition) is 3. The molecule has 3 N–H and O–H groups in total. The molecule has 0 spiro atoms. The van der Waals surface area contributed by atoms with Crippen LogP contribution in [-0.4, -0.2) is 24.7 Å². The standard InChI is InChI=1S/C39H39N3O/c1-43-38-25-15-14-16-30(38)27-40-29-35(26-31-28-41-37-24-13-5-12-23-36(31)37)42-39(32-17-6-2-7-18-32,33-19-8-3-9-20-33)34-21-10-4-11-22-34/h2-23,25,28,35,40-42H,24,26-27,29H2,1H3/t35-/m1/s1. The van der Waals surface area contributed by atoms with E-state index in [1.807, 2.05) is 12.1 Å². The topological polar surface area (TPSA) is 49.1 Å². The van der Waals surface area contributed by atoms with Crippen LogP contribution in [0.15, 0.2) is 140 Å². The second kappa shape index (κ2) is 13.6. The molecule has 0 fully saturated rings. The number of hydrogen-bond acceptors (Lipinski definition) is 3. The van der Waals surface area contributed by atoms with Crippen LogP contribution in [0.3, 0.4) is 0 Å². The van der Waals surface area contributed by atoms with E-state index in [2.05, 4.69) is 149 Å². The Morgan fingerprint density at radius 2 is 1.35 bits per heavy atom. The van der Waals surface area contributed by atoms with Gasteiger partial charge in [0.05, 0.1) is 12.6 Å². The van der Waals surface area contributed by atoms with Gasteiger partial charge in [0, 0.05) is 43.0 Å². The van der Waals surface area contributed by atoms with Crippen LogP contribution < -0.4 is 15.4 Å². The summed E-state index contributed by atoms with van der Waals surface area (Å²) in [5.41, 5.74) is 8.08. The van der Waals surface area contributed by atoms with Gasteiger partial charge < -0.3 is 15.0 Å². The van der Waals surface area contributed by atoms with E-state index in [0.717, 1.165) is 30.7 Å². The number of H-pyrrole nitrogens is 1. The van der Waals surface area contributed by atoms with Gasteiger partial charge in [0.25, 0.3) is 0 Å². The molecule has 0 unspecified atom stereocenters. The molecule has 0 saturated heterocycles. The molecular formula is C39H39N3O. The number of ether oxygens (including phenoxy) is 1. The highest BCUT2D eigenvalue weighted by Crippen LogP contribution is 2.37. The maximum Gasteiger partial charge on any atom is 0.123 e. The summed E-state index contributed by atoms with van der Waals surface area (Å²) in [4.78, 5) is 3.56. The predicted molar refractivity (Wildman–Crippen MR) is 177 cm³/mol. The Bertz CT molecular complexity index is 1560. The summed E-state index contributed by atoms with van der Waals surface area (Å²) in [6, 6.07) is 40.8. The van der Waals surface area contributed by atoms with Crippen molar-refractivity contribution in [3.05, 3.63) is 179 Å². The Hall–Kier alpha value is -4.64. The first kappa shape index (κ1) is 28.5. The first-order valence-corrected chi connectivity index (χ1v) is 15.1. The van der Waals surface area contributed by atoms with E-state index in [0.29, 0.717) is 6.54 Å². The molecule has 0 aliphatic heterocycles. The van der Waals surface area contributed by atoms with Crippen molar-refractivity contribution in [3.63, 3.8) is 0 Å². The average molecular weight is 566 g/mol. The van der Waals surface area contributed by atoms with E-state index in [1.54, 1.807) is 7.11 Å². The molecule has 1 heterocycles. The number of aromatic amines is 1. The van der Waals surface area contributed by atoms with E-state index in [-0.39, 0.29) is 6.04 Å². The van der Waals surface area contributed by atoms with E-state index in [4.69, 9.17) is 4.74 Å². The Labute approximate surface area is 255 Å². The fraction of sp³-hybridized carbons (Fsp3) is 0.179. The van der Waals surface area contributed by atoms with Crippen molar-refractivity contribution in [2.75, 3.05) is 13.7 Å². The van der Waals surface area contributed by atoms with E-state index in [9.17, 15) is 0 Å². The molecule has 0 saturated carbocycles. The zero-order valence-electron chi connectivity index (χ0n) is 24.7. The minimum Gasteiger partial charge on any atom is -0.496 e. The molecule has 4 aromatic carbocycles. The van der Waals surface area contributed by atoms with Gasteiger partial charge in [0.15, 0.2) is 0 Å². The number of benzene rings is 4. The van der Waals surface area contributed by atoms with Crippen LogP contribution in [0.25, 0.3) is 6.08 Å². The van der Waals surface area contributed by atoms with Crippen molar-refractivity contribution < 1.29 is 4.74 Å². The van der Waals surface area contributed by atoms with Gasteiger partial charge in [-0.3, -0.25) is 5.32 Å².